The number of nitriles is 1. The molecule has 2 saturated carbocycles. The average molecular weight is 567 g/mol. The molecule has 0 radical (unpaired) electrons. The molecule has 1 saturated heterocycles. The smallest absolute Gasteiger partial charge is 0.407 e. The monoisotopic (exact) mass is 566 g/mol. The number of aromatic nitrogens is 5. The molecule has 3 fully saturated rings. The lowest BCUT2D eigenvalue weighted by Crippen LogP contribution is -2.54. The summed E-state index contributed by atoms with van der Waals surface area (Å²) in [6, 6.07) is 9.55. The fraction of sp³-hybridized carbons (Fsp3) is 0.367. The third-order valence-electron chi connectivity index (χ3n) is 8.30. The van der Waals surface area contributed by atoms with Crippen LogP contribution in [-0.2, 0) is 0 Å². The second-order valence-electron chi connectivity index (χ2n) is 11.2. The van der Waals surface area contributed by atoms with Crippen molar-refractivity contribution in [1.29, 1.82) is 5.26 Å². The van der Waals surface area contributed by atoms with Crippen molar-refractivity contribution in [3.63, 3.8) is 0 Å². The molecular weight excluding hydrogens is 539 g/mol. The molecule has 11 nitrogen and oxygen atoms in total. The molecule has 7 rings (SSSR count). The maximum Gasteiger partial charge on any atom is 0.407 e. The van der Waals surface area contributed by atoms with Gasteiger partial charge in [0.05, 0.1) is 33.7 Å². The SMILES string of the molecule is CC1CN(C(=O)O)CCN1c1nc(=O)n(-c2c(C3CC3)ncnc2C2CC2)c2nc(-c3ccccc3F)c(C#N)cc12. The summed E-state index contributed by atoms with van der Waals surface area (Å²) < 4.78 is 16.5. The van der Waals surface area contributed by atoms with Crippen LogP contribution in [0.25, 0.3) is 28.0 Å². The maximum absolute atomic E-state index is 15.1. The van der Waals surface area contributed by atoms with Crippen molar-refractivity contribution >= 4 is 22.9 Å². The molecule has 212 valence electrons. The lowest BCUT2D eigenvalue weighted by atomic mass is 10.0. The number of hydrogen-bond donors (Lipinski definition) is 1. The summed E-state index contributed by atoms with van der Waals surface area (Å²) in [5.41, 5.74) is 2.16. The van der Waals surface area contributed by atoms with Crippen LogP contribution in [-0.4, -0.2) is 66.3 Å². The van der Waals surface area contributed by atoms with Crippen molar-refractivity contribution in [1.82, 2.24) is 29.4 Å². The molecule has 4 aromatic rings. The normalized spacial score (nSPS) is 18.7. The number of nitrogens with zero attached hydrogens (tertiary/aromatic N) is 8. The average Bonchev–Trinajstić information content (AvgIpc) is 3.90. The molecule has 1 unspecified atom stereocenters. The van der Waals surface area contributed by atoms with E-state index < -0.39 is 17.6 Å². The maximum atomic E-state index is 15.1. The van der Waals surface area contributed by atoms with Gasteiger partial charge in [-0.15, -0.1) is 0 Å². The van der Waals surface area contributed by atoms with E-state index in [9.17, 15) is 20.0 Å². The molecule has 4 heterocycles. The van der Waals surface area contributed by atoms with Crippen LogP contribution >= 0.6 is 0 Å². The van der Waals surface area contributed by atoms with E-state index in [1.165, 1.54) is 15.5 Å². The van der Waals surface area contributed by atoms with Gasteiger partial charge in [-0.3, -0.25) is 0 Å². The van der Waals surface area contributed by atoms with Gasteiger partial charge >= 0.3 is 11.8 Å². The Balaban J connectivity index is 1.53. The van der Waals surface area contributed by atoms with Gasteiger partial charge in [-0.1, -0.05) is 12.1 Å². The quantitative estimate of drug-likeness (QED) is 0.376. The van der Waals surface area contributed by atoms with Gasteiger partial charge < -0.3 is 14.9 Å². The molecule has 2 aliphatic carbocycles. The fourth-order valence-corrected chi connectivity index (χ4v) is 5.89. The van der Waals surface area contributed by atoms with Crippen molar-refractivity contribution in [2.75, 3.05) is 24.5 Å². The molecule has 1 aromatic carbocycles. The lowest BCUT2D eigenvalue weighted by Gasteiger charge is -2.39. The Hall–Kier alpha value is -4.92. The zero-order chi connectivity index (χ0) is 29.1. The van der Waals surface area contributed by atoms with Gasteiger partial charge in [-0.25, -0.2) is 33.5 Å². The topological polar surface area (TPSA) is 141 Å². The number of carboxylic acid groups (broad SMARTS) is 1. The van der Waals surface area contributed by atoms with E-state index >= 15 is 4.39 Å². The molecule has 0 spiro atoms. The van der Waals surface area contributed by atoms with Crippen molar-refractivity contribution in [2.24, 2.45) is 0 Å². The van der Waals surface area contributed by atoms with Crippen LogP contribution in [0.4, 0.5) is 15.0 Å². The first-order valence-corrected chi connectivity index (χ1v) is 14.1. The minimum Gasteiger partial charge on any atom is -0.465 e. The van der Waals surface area contributed by atoms with E-state index in [4.69, 9.17) is 4.98 Å². The number of benzene rings is 1. The number of carbonyl (C=O) groups is 1. The van der Waals surface area contributed by atoms with Gasteiger partial charge in [0.25, 0.3) is 0 Å². The van der Waals surface area contributed by atoms with Crippen LogP contribution in [0.15, 0.2) is 41.5 Å². The van der Waals surface area contributed by atoms with Gasteiger partial charge in [0.15, 0.2) is 5.65 Å². The van der Waals surface area contributed by atoms with Gasteiger partial charge in [-0.2, -0.15) is 10.2 Å². The highest BCUT2D eigenvalue weighted by molar-refractivity contribution is 5.92. The Bertz CT molecular complexity index is 1830. The van der Waals surface area contributed by atoms with E-state index in [2.05, 4.69) is 21.0 Å². The molecule has 3 aromatic heterocycles. The highest BCUT2D eigenvalue weighted by Crippen LogP contribution is 2.47. The number of piperazine rings is 1. The number of fused-ring (bicyclic) bond motifs is 1. The molecule has 1 atom stereocenters. The zero-order valence-corrected chi connectivity index (χ0v) is 22.9. The van der Waals surface area contributed by atoms with Crippen LogP contribution < -0.4 is 10.6 Å². The van der Waals surface area contributed by atoms with Gasteiger partial charge in [0.2, 0.25) is 0 Å². The first kappa shape index (κ1) is 26.0. The molecular formula is C30H27FN8O3. The van der Waals surface area contributed by atoms with E-state index in [1.54, 1.807) is 30.6 Å². The second-order valence-corrected chi connectivity index (χ2v) is 11.2. The van der Waals surface area contributed by atoms with E-state index in [0.717, 1.165) is 37.1 Å². The van der Waals surface area contributed by atoms with Gasteiger partial charge in [0.1, 0.15) is 24.0 Å². The summed E-state index contributed by atoms with van der Waals surface area (Å²) in [5, 5.41) is 20.1. The standard InChI is InChI=1S/C30H27FN8O3/c1-16-14-37(30(41)42)10-11-38(16)27-21-12-19(13-32)23(20-4-2-3-5-22(20)31)35-28(21)39(29(40)36-27)26-24(17-6-7-17)33-15-34-25(26)18-8-9-18/h2-5,12,15-18H,6-11,14H2,1H3,(H,41,42). The van der Waals surface area contributed by atoms with Crippen LogP contribution in [0.2, 0.25) is 0 Å². The highest BCUT2D eigenvalue weighted by atomic mass is 19.1. The van der Waals surface area contributed by atoms with E-state index in [1.807, 2.05) is 11.8 Å². The van der Waals surface area contributed by atoms with E-state index in [-0.39, 0.29) is 53.4 Å². The number of hydrogen-bond acceptors (Lipinski definition) is 8. The number of anilines is 1. The summed E-state index contributed by atoms with van der Waals surface area (Å²) >= 11 is 0. The van der Waals surface area contributed by atoms with E-state index in [0.29, 0.717) is 23.4 Å². The van der Waals surface area contributed by atoms with Crippen LogP contribution in [0.5, 0.6) is 0 Å². The molecule has 42 heavy (non-hydrogen) atoms. The Morgan fingerprint density at radius 3 is 2.36 bits per heavy atom. The van der Waals surface area contributed by atoms with Crippen LogP contribution in [0, 0.1) is 17.1 Å². The minimum absolute atomic E-state index is 0.120. The molecule has 1 amide bonds. The van der Waals surface area contributed by atoms with Crippen molar-refractivity contribution < 1.29 is 14.3 Å². The minimum atomic E-state index is -1.01. The van der Waals surface area contributed by atoms with Gasteiger partial charge in [-0.05, 0) is 50.8 Å². The molecule has 12 heteroatoms. The largest absolute Gasteiger partial charge is 0.465 e. The molecule has 1 N–H and O–H groups in total. The summed E-state index contributed by atoms with van der Waals surface area (Å²) in [4.78, 5) is 47.6. The summed E-state index contributed by atoms with van der Waals surface area (Å²) in [5.74, 6) is 0.153. The second kappa shape index (κ2) is 9.87. The Morgan fingerprint density at radius 1 is 1.07 bits per heavy atom. The summed E-state index contributed by atoms with van der Waals surface area (Å²) in [6.45, 7) is 2.60. The highest BCUT2D eigenvalue weighted by Gasteiger charge is 2.37. The van der Waals surface area contributed by atoms with Crippen molar-refractivity contribution in [3.05, 3.63) is 69.9 Å². The Morgan fingerprint density at radius 2 is 1.76 bits per heavy atom. The molecule has 0 bridgehead atoms. The summed E-state index contributed by atoms with van der Waals surface area (Å²) in [6.07, 6.45) is 4.33. The first-order valence-electron chi connectivity index (χ1n) is 14.1. The predicted octanol–water partition coefficient (Wildman–Crippen LogP) is 4.19. The Kier molecular flexibility index (Phi) is 6.11. The first-order chi connectivity index (χ1) is 20.4. The third kappa shape index (κ3) is 4.32. The zero-order valence-electron chi connectivity index (χ0n) is 22.9. The Labute approximate surface area is 239 Å². The van der Waals surface area contributed by atoms with Crippen molar-refractivity contribution in [2.45, 2.75) is 50.5 Å². The van der Waals surface area contributed by atoms with Crippen molar-refractivity contribution in [3.8, 4) is 23.0 Å². The van der Waals surface area contributed by atoms with Crippen LogP contribution in [0.1, 0.15) is 61.4 Å². The van der Waals surface area contributed by atoms with Gasteiger partial charge in [0, 0.05) is 43.1 Å². The lowest BCUT2D eigenvalue weighted by molar-refractivity contribution is 0.136. The molecule has 3 aliphatic rings. The molecule has 1 aliphatic heterocycles. The van der Waals surface area contributed by atoms with Crippen LogP contribution in [0.3, 0.4) is 0 Å². The predicted molar refractivity (Wildman–Crippen MR) is 151 cm³/mol. The number of amides is 1. The number of halogens is 1. The number of pyridine rings is 1. The third-order valence-corrected chi connectivity index (χ3v) is 8.30. The summed E-state index contributed by atoms with van der Waals surface area (Å²) in [7, 11) is 0. The number of rotatable bonds is 5. The fourth-order valence-electron chi connectivity index (χ4n) is 5.89.